The molecule has 0 unspecified atom stereocenters. The van der Waals surface area contributed by atoms with E-state index in [9.17, 15) is 14.9 Å². The average Bonchev–Trinajstić information content (AvgIpc) is 3.15. The SMILES string of the molecule is CSC1=NC(=Cc2ccc(-c3cccc([N+](=O)[O-])c3)o2)C(=O)S1. The molecule has 1 aliphatic heterocycles. The highest BCUT2D eigenvalue weighted by Crippen LogP contribution is 2.31. The largest absolute Gasteiger partial charge is 0.457 e. The maximum absolute atomic E-state index is 11.8. The van der Waals surface area contributed by atoms with Crippen molar-refractivity contribution in [1.82, 2.24) is 0 Å². The number of hydrogen-bond acceptors (Lipinski definition) is 7. The lowest BCUT2D eigenvalue weighted by Gasteiger charge is -1.97. The Bertz CT molecular complexity index is 855. The molecule has 2 heterocycles. The number of aliphatic imine (C=N–C) groups is 1. The zero-order valence-corrected chi connectivity index (χ0v) is 13.5. The maximum atomic E-state index is 11.8. The van der Waals surface area contributed by atoms with Crippen LogP contribution in [0.15, 0.2) is 51.5 Å². The van der Waals surface area contributed by atoms with Crippen molar-refractivity contribution in [3.63, 3.8) is 0 Å². The predicted octanol–water partition coefficient (Wildman–Crippen LogP) is 4.19. The molecule has 0 N–H and O–H groups in total. The molecule has 3 rings (SSSR count). The van der Waals surface area contributed by atoms with Crippen LogP contribution in [0.1, 0.15) is 5.76 Å². The van der Waals surface area contributed by atoms with E-state index in [0.717, 1.165) is 11.8 Å². The highest BCUT2D eigenvalue weighted by atomic mass is 32.2. The van der Waals surface area contributed by atoms with Gasteiger partial charge in [-0.15, -0.1) is 11.8 Å². The van der Waals surface area contributed by atoms with E-state index in [4.69, 9.17) is 4.42 Å². The summed E-state index contributed by atoms with van der Waals surface area (Å²) in [5.41, 5.74) is 0.930. The first-order valence-corrected chi connectivity index (χ1v) is 8.52. The molecule has 2 aromatic rings. The third-order valence-electron chi connectivity index (χ3n) is 3.02. The minimum Gasteiger partial charge on any atom is -0.457 e. The lowest BCUT2D eigenvalue weighted by molar-refractivity contribution is -0.384. The number of nitro groups is 1. The van der Waals surface area contributed by atoms with E-state index >= 15 is 0 Å². The fourth-order valence-corrected chi connectivity index (χ4v) is 3.23. The summed E-state index contributed by atoms with van der Waals surface area (Å²) in [7, 11) is 0. The lowest BCUT2D eigenvalue weighted by atomic mass is 10.1. The number of furan rings is 1. The van der Waals surface area contributed by atoms with Crippen molar-refractivity contribution >= 4 is 44.8 Å². The second-order valence-corrected chi connectivity index (χ2v) is 6.53. The minimum atomic E-state index is -0.456. The van der Waals surface area contributed by atoms with Crippen LogP contribution in [0.5, 0.6) is 0 Å². The number of thioether (sulfide) groups is 2. The van der Waals surface area contributed by atoms with Gasteiger partial charge >= 0.3 is 0 Å². The second kappa shape index (κ2) is 6.43. The van der Waals surface area contributed by atoms with Gasteiger partial charge in [-0.25, -0.2) is 4.99 Å². The van der Waals surface area contributed by atoms with Gasteiger partial charge in [-0.3, -0.25) is 14.9 Å². The fourth-order valence-electron chi connectivity index (χ4n) is 1.97. The van der Waals surface area contributed by atoms with Gasteiger partial charge in [0.15, 0.2) is 0 Å². The monoisotopic (exact) mass is 346 g/mol. The average molecular weight is 346 g/mol. The summed E-state index contributed by atoms with van der Waals surface area (Å²) in [4.78, 5) is 26.4. The second-order valence-electron chi connectivity index (χ2n) is 4.51. The van der Waals surface area contributed by atoms with Crippen LogP contribution in [0.3, 0.4) is 0 Å². The van der Waals surface area contributed by atoms with E-state index in [2.05, 4.69) is 4.99 Å². The number of nitro benzene ring substituents is 1. The van der Waals surface area contributed by atoms with E-state index < -0.39 is 4.92 Å². The molecule has 0 saturated carbocycles. The van der Waals surface area contributed by atoms with Crippen LogP contribution in [-0.4, -0.2) is 20.7 Å². The van der Waals surface area contributed by atoms with Crippen LogP contribution in [0.2, 0.25) is 0 Å². The Morgan fingerprint density at radius 1 is 1.35 bits per heavy atom. The van der Waals surface area contributed by atoms with E-state index in [1.165, 1.54) is 23.9 Å². The molecule has 1 aromatic carbocycles. The predicted molar refractivity (Wildman–Crippen MR) is 92.3 cm³/mol. The fraction of sp³-hybridized carbons (Fsp3) is 0.0667. The highest BCUT2D eigenvalue weighted by molar-refractivity contribution is 8.45. The number of rotatable bonds is 3. The molecule has 0 aliphatic carbocycles. The Morgan fingerprint density at radius 3 is 2.87 bits per heavy atom. The van der Waals surface area contributed by atoms with Gasteiger partial charge in [0.2, 0.25) is 5.12 Å². The van der Waals surface area contributed by atoms with E-state index in [-0.39, 0.29) is 10.8 Å². The number of benzene rings is 1. The zero-order chi connectivity index (χ0) is 16.4. The first-order chi connectivity index (χ1) is 11.1. The first kappa shape index (κ1) is 15.6. The van der Waals surface area contributed by atoms with Crippen molar-refractivity contribution < 1.29 is 14.1 Å². The number of hydrogen-bond donors (Lipinski definition) is 0. The van der Waals surface area contributed by atoms with Gasteiger partial charge < -0.3 is 4.42 Å². The van der Waals surface area contributed by atoms with Crippen molar-refractivity contribution in [3.05, 3.63) is 58.0 Å². The summed E-state index contributed by atoms with van der Waals surface area (Å²) < 4.78 is 6.35. The van der Waals surface area contributed by atoms with Gasteiger partial charge in [-0.05, 0) is 30.2 Å². The van der Waals surface area contributed by atoms with Gasteiger partial charge in [0.1, 0.15) is 21.6 Å². The highest BCUT2D eigenvalue weighted by Gasteiger charge is 2.22. The molecule has 116 valence electrons. The van der Waals surface area contributed by atoms with Crippen molar-refractivity contribution in [3.8, 4) is 11.3 Å². The summed E-state index contributed by atoms with van der Waals surface area (Å²) in [5.74, 6) is 0.967. The molecule has 1 aromatic heterocycles. The van der Waals surface area contributed by atoms with Crippen LogP contribution in [0.25, 0.3) is 17.4 Å². The Hall–Kier alpha value is -2.32. The molecule has 0 spiro atoms. The van der Waals surface area contributed by atoms with Crippen LogP contribution in [0.4, 0.5) is 5.69 Å². The molecule has 0 atom stereocenters. The van der Waals surface area contributed by atoms with Crippen LogP contribution >= 0.6 is 23.5 Å². The van der Waals surface area contributed by atoms with Gasteiger partial charge in [-0.1, -0.05) is 12.1 Å². The van der Waals surface area contributed by atoms with E-state index in [1.807, 2.05) is 6.26 Å². The number of carbonyl (C=O) groups excluding carboxylic acids is 1. The van der Waals surface area contributed by atoms with E-state index in [1.54, 1.807) is 30.3 Å². The van der Waals surface area contributed by atoms with Crippen molar-refractivity contribution in [2.45, 2.75) is 0 Å². The third kappa shape index (κ3) is 3.38. The summed E-state index contributed by atoms with van der Waals surface area (Å²) in [6, 6.07) is 9.59. The molecule has 0 fully saturated rings. The molecule has 0 radical (unpaired) electrons. The summed E-state index contributed by atoms with van der Waals surface area (Å²) in [5, 5.41) is 10.7. The van der Waals surface area contributed by atoms with Gasteiger partial charge in [0.25, 0.3) is 5.69 Å². The Kier molecular flexibility index (Phi) is 4.35. The smallest absolute Gasteiger partial charge is 0.270 e. The molecule has 0 saturated heterocycles. The molecule has 0 bridgehead atoms. The topological polar surface area (TPSA) is 85.7 Å². The van der Waals surface area contributed by atoms with Crippen molar-refractivity contribution in [2.75, 3.05) is 6.26 Å². The Labute approximate surface area is 139 Å². The van der Waals surface area contributed by atoms with Gasteiger partial charge in [0.05, 0.1) is 4.92 Å². The molecule has 8 heteroatoms. The summed E-state index contributed by atoms with van der Waals surface area (Å²) in [6.07, 6.45) is 3.43. The Morgan fingerprint density at radius 2 is 2.17 bits per heavy atom. The minimum absolute atomic E-state index is 0.00427. The first-order valence-electron chi connectivity index (χ1n) is 6.48. The zero-order valence-electron chi connectivity index (χ0n) is 11.9. The molecular weight excluding hydrogens is 336 g/mol. The number of nitrogens with zero attached hydrogens (tertiary/aromatic N) is 2. The van der Waals surface area contributed by atoms with Crippen molar-refractivity contribution in [1.29, 1.82) is 0 Å². The number of carbonyl (C=O) groups is 1. The van der Waals surface area contributed by atoms with Gasteiger partial charge in [-0.2, -0.15) is 0 Å². The van der Waals surface area contributed by atoms with Crippen LogP contribution < -0.4 is 0 Å². The lowest BCUT2D eigenvalue weighted by Crippen LogP contribution is -1.87. The quantitative estimate of drug-likeness (QED) is 0.470. The van der Waals surface area contributed by atoms with E-state index in [0.29, 0.717) is 27.2 Å². The summed E-state index contributed by atoms with van der Waals surface area (Å²) in [6.45, 7) is 0. The van der Waals surface area contributed by atoms with Crippen LogP contribution in [-0.2, 0) is 4.79 Å². The molecule has 0 amide bonds. The molecule has 1 aliphatic rings. The van der Waals surface area contributed by atoms with Crippen molar-refractivity contribution in [2.24, 2.45) is 4.99 Å². The normalized spacial score (nSPS) is 16.0. The number of non-ortho nitro benzene ring substituents is 1. The molecule has 23 heavy (non-hydrogen) atoms. The Balaban J connectivity index is 1.89. The van der Waals surface area contributed by atoms with Gasteiger partial charge in [0, 0.05) is 23.8 Å². The summed E-state index contributed by atoms with van der Waals surface area (Å²) >= 11 is 2.50. The van der Waals surface area contributed by atoms with Crippen LogP contribution in [0, 0.1) is 10.1 Å². The third-order valence-corrected chi connectivity index (χ3v) is 4.87. The standard InChI is InChI=1S/C15H10N2O4S2/c1-22-15-16-12(14(18)23-15)8-11-5-6-13(21-11)9-3-2-4-10(7-9)17(19)20/h2-8H,1H3. The molecule has 6 nitrogen and oxygen atoms in total. The molecular formula is C15H10N2O4S2. The maximum Gasteiger partial charge on any atom is 0.270 e.